The number of carbonyl (C=O) groups excluding carboxylic acids is 1. The number of ether oxygens (including phenoxy) is 1. The van der Waals surface area contributed by atoms with Gasteiger partial charge in [-0.1, -0.05) is 18.2 Å². The summed E-state index contributed by atoms with van der Waals surface area (Å²) in [5.41, 5.74) is 4.33. The maximum absolute atomic E-state index is 14.9. The number of nitrogens with zero attached hydrogens (tertiary/aromatic N) is 3. The van der Waals surface area contributed by atoms with Crippen molar-refractivity contribution in [3.63, 3.8) is 0 Å². The van der Waals surface area contributed by atoms with E-state index in [0.717, 1.165) is 78.7 Å². The van der Waals surface area contributed by atoms with Crippen molar-refractivity contribution in [2.45, 2.75) is 38.1 Å². The summed E-state index contributed by atoms with van der Waals surface area (Å²) in [5, 5.41) is 10.5. The van der Waals surface area contributed by atoms with Crippen LogP contribution in [0.5, 0.6) is 5.75 Å². The number of halogens is 1. The zero-order chi connectivity index (χ0) is 28.3. The molecule has 2 aliphatic heterocycles. The highest BCUT2D eigenvalue weighted by Crippen LogP contribution is 2.36. The summed E-state index contributed by atoms with van der Waals surface area (Å²) in [6, 6.07) is 14.7. The van der Waals surface area contributed by atoms with Crippen molar-refractivity contribution >= 4 is 16.9 Å². The number of amides is 1. The fourth-order valence-corrected chi connectivity index (χ4v) is 6.48. The van der Waals surface area contributed by atoms with Crippen LogP contribution in [0.1, 0.15) is 42.5 Å². The first-order chi connectivity index (χ1) is 20.0. The van der Waals surface area contributed by atoms with Gasteiger partial charge in [-0.3, -0.25) is 9.69 Å². The molecule has 2 fully saturated rings. The van der Waals surface area contributed by atoms with Gasteiger partial charge in [-0.2, -0.15) is 0 Å². The lowest BCUT2D eigenvalue weighted by molar-refractivity contribution is 0.0675. The maximum Gasteiger partial charge on any atom is 0.253 e. The van der Waals surface area contributed by atoms with E-state index in [2.05, 4.69) is 14.9 Å². The Balaban J connectivity index is 1.17. The van der Waals surface area contributed by atoms with Gasteiger partial charge in [0.25, 0.3) is 5.91 Å². The van der Waals surface area contributed by atoms with Crippen molar-refractivity contribution in [2.75, 3.05) is 39.9 Å². The zero-order valence-corrected chi connectivity index (χ0v) is 23.5. The molecule has 7 nitrogen and oxygen atoms in total. The van der Waals surface area contributed by atoms with Crippen molar-refractivity contribution in [1.82, 2.24) is 19.8 Å². The summed E-state index contributed by atoms with van der Waals surface area (Å²) in [6.45, 7) is 3.67. The Morgan fingerprint density at radius 1 is 1.07 bits per heavy atom. The molecule has 0 bridgehead atoms. The van der Waals surface area contributed by atoms with E-state index in [-0.39, 0.29) is 12.5 Å². The van der Waals surface area contributed by atoms with E-state index in [4.69, 9.17) is 4.74 Å². The highest BCUT2D eigenvalue weighted by molar-refractivity contribution is 5.98. The second-order valence-corrected chi connectivity index (χ2v) is 11.3. The Kier molecular flexibility index (Phi) is 8.03. The number of carbonyl (C=O) groups is 1. The van der Waals surface area contributed by atoms with Crippen LogP contribution in [-0.4, -0.2) is 76.7 Å². The number of nitrogens with one attached hydrogen (secondary N) is 1. The summed E-state index contributed by atoms with van der Waals surface area (Å²) in [6.07, 6.45) is 8.84. The molecule has 214 valence electrons. The number of fused-ring (bicyclic) bond motifs is 1. The second-order valence-electron chi connectivity index (χ2n) is 11.3. The molecule has 1 amide bonds. The van der Waals surface area contributed by atoms with Gasteiger partial charge in [0.05, 0.1) is 13.7 Å². The Hall–Kier alpha value is -3.75. The molecule has 41 heavy (non-hydrogen) atoms. The lowest BCUT2D eigenvalue weighted by Gasteiger charge is -2.33. The minimum Gasteiger partial charge on any atom is -0.496 e. The maximum atomic E-state index is 14.9. The topological polar surface area (TPSA) is 81.7 Å². The van der Waals surface area contributed by atoms with Crippen LogP contribution in [0.25, 0.3) is 33.3 Å². The highest BCUT2D eigenvalue weighted by atomic mass is 19.1. The first-order valence-electron chi connectivity index (χ1n) is 14.6. The van der Waals surface area contributed by atoms with Crippen LogP contribution in [0.15, 0.2) is 60.9 Å². The summed E-state index contributed by atoms with van der Waals surface area (Å²) in [5.74, 6) is 0.753. The molecule has 0 radical (unpaired) electrons. The third-order valence-corrected chi connectivity index (χ3v) is 8.84. The molecule has 0 saturated carbocycles. The largest absolute Gasteiger partial charge is 0.496 e. The smallest absolute Gasteiger partial charge is 0.253 e. The number of rotatable bonds is 8. The Morgan fingerprint density at radius 3 is 2.71 bits per heavy atom. The molecule has 6 rings (SSSR count). The molecule has 0 unspecified atom stereocenters. The molecular weight excluding hydrogens is 519 g/mol. The number of hydrogen-bond acceptors (Lipinski definition) is 5. The van der Waals surface area contributed by atoms with Crippen molar-refractivity contribution in [3.05, 3.63) is 72.3 Å². The number of para-hydroxylation sites is 1. The molecule has 1 atom stereocenters. The van der Waals surface area contributed by atoms with E-state index in [9.17, 15) is 14.3 Å². The Labute approximate surface area is 240 Å². The van der Waals surface area contributed by atoms with Crippen LogP contribution >= 0.6 is 0 Å². The molecule has 8 heteroatoms. The molecule has 4 aromatic rings. The van der Waals surface area contributed by atoms with Gasteiger partial charge < -0.3 is 19.7 Å². The lowest BCUT2D eigenvalue weighted by atomic mass is 9.92. The SMILES string of the molecule is COc1ccccc1-c1c[nH]c2ncc(-c3cc(F)cc(C(=O)N4CCC(CCN5CCC[C@H]5CO)CC4)c3)cc12. The highest BCUT2D eigenvalue weighted by Gasteiger charge is 2.27. The number of likely N-dealkylation sites (tertiary alicyclic amines) is 2. The van der Waals surface area contributed by atoms with Crippen LogP contribution < -0.4 is 4.74 Å². The van der Waals surface area contributed by atoms with E-state index < -0.39 is 5.82 Å². The first kappa shape index (κ1) is 27.4. The molecule has 0 spiro atoms. The van der Waals surface area contributed by atoms with Crippen LogP contribution in [0.2, 0.25) is 0 Å². The van der Waals surface area contributed by atoms with E-state index in [1.807, 2.05) is 41.4 Å². The number of aromatic amines is 1. The van der Waals surface area contributed by atoms with Gasteiger partial charge in [-0.05, 0) is 87.0 Å². The van der Waals surface area contributed by atoms with E-state index in [1.54, 1.807) is 19.4 Å². The van der Waals surface area contributed by atoms with E-state index >= 15 is 0 Å². The normalized spacial score (nSPS) is 18.3. The zero-order valence-electron chi connectivity index (χ0n) is 23.5. The number of hydrogen-bond donors (Lipinski definition) is 2. The fraction of sp³-hybridized carbons (Fsp3) is 0.394. The third kappa shape index (κ3) is 5.72. The quantitative estimate of drug-likeness (QED) is 0.289. The van der Waals surface area contributed by atoms with Crippen molar-refractivity contribution in [3.8, 4) is 28.0 Å². The minimum atomic E-state index is -0.441. The standard InChI is InChI=1S/C33H37FN4O3/c1-41-31-7-3-2-6-28(31)30-20-36-32-29(30)18-25(19-35-32)23-15-24(17-26(34)16-23)33(40)38-13-9-22(10-14-38)8-12-37-11-4-5-27(37)21-39/h2-3,6-7,15-20,22,27,39H,4-5,8-14,21H2,1H3,(H,35,36)/t27-/m0/s1. The number of H-pyrrole nitrogens is 1. The summed E-state index contributed by atoms with van der Waals surface area (Å²) >= 11 is 0. The molecule has 0 aliphatic carbocycles. The second kappa shape index (κ2) is 12.0. The van der Waals surface area contributed by atoms with Crippen LogP contribution in [0.4, 0.5) is 4.39 Å². The van der Waals surface area contributed by atoms with Gasteiger partial charge in [0.1, 0.15) is 17.2 Å². The summed E-state index contributed by atoms with van der Waals surface area (Å²) < 4.78 is 20.4. The average Bonchev–Trinajstić information content (AvgIpc) is 3.66. The third-order valence-electron chi connectivity index (χ3n) is 8.84. The number of benzene rings is 2. The van der Waals surface area contributed by atoms with Gasteiger partial charge >= 0.3 is 0 Å². The van der Waals surface area contributed by atoms with Crippen molar-refractivity contribution in [1.29, 1.82) is 0 Å². The van der Waals surface area contributed by atoms with Crippen molar-refractivity contribution < 1.29 is 19.0 Å². The van der Waals surface area contributed by atoms with Gasteiger partial charge in [0.2, 0.25) is 0 Å². The van der Waals surface area contributed by atoms with Gasteiger partial charge in [0.15, 0.2) is 0 Å². The lowest BCUT2D eigenvalue weighted by Crippen LogP contribution is -2.40. The van der Waals surface area contributed by atoms with Gasteiger partial charge in [0, 0.05) is 59.2 Å². The monoisotopic (exact) mass is 556 g/mol. The number of aromatic nitrogens is 2. The number of pyridine rings is 1. The summed E-state index contributed by atoms with van der Waals surface area (Å²) in [4.78, 5) is 25.5. The van der Waals surface area contributed by atoms with E-state index in [1.165, 1.54) is 12.1 Å². The average molecular weight is 557 g/mol. The Morgan fingerprint density at radius 2 is 1.90 bits per heavy atom. The molecule has 2 saturated heterocycles. The minimum absolute atomic E-state index is 0.130. The molecule has 2 aromatic carbocycles. The molecule has 2 aromatic heterocycles. The fourth-order valence-electron chi connectivity index (χ4n) is 6.48. The van der Waals surface area contributed by atoms with Gasteiger partial charge in [-0.15, -0.1) is 0 Å². The molecule has 2 N–H and O–H groups in total. The molecular formula is C33H37FN4O3. The molecule has 2 aliphatic rings. The summed E-state index contributed by atoms with van der Waals surface area (Å²) in [7, 11) is 1.65. The Bertz CT molecular complexity index is 1530. The van der Waals surface area contributed by atoms with Crippen LogP contribution in [-0.2, 0) is 0 Å². The predicted molar refractivity (Wildman–Crippen MR) is 158 cm³/mol. The van der Waals surface area contributed by atoms with Crippen LogP contribution in [0, 0.1) is 11.7 Å². The molecule has 4 heterocycles. The number of methoxy groups -OCH3 is 1. The van der Waals surface area contributed by atoms with Gasteiger partial charge in [-0.25, -0.2) is 9.37 Å². The number of aliphatic hydroxyl groups is 1. The number of piperidine rings is 1. The van der Waals surface area contributed by atoms with Crippen molar-refractivity contribution in [2.24, 2.45) is 5.92 Å². The van der Waals surface area contributed by atoms with Crippen LogP contribution in [0.3, 0.4) is 0 Å². The van der Waals surface area contributed by atoms with E-state index in [0.29, 0.717) is 36.2 Å². The number of aliphatic hydroxyl groups excluding tert-OH is 1. The first-order valence-corrected chi connectivity index (χ1v) is 14.6. The predicted octanol–water partition coefficient (Wildman–Crippen LogP) is 5.74.